The number of carbonyl (C=O) groups is 1. The molecule has 0 spiro atoms. The minimum absolute atomic E-state index is 0.0754. The summed E-state index contributed by atoms with van der Waals surface area (Å²) >= 11 is 0. The molecule has 2 aromatic rings. The molecule has 1 heterocycles. The molecule has 0 saturated carbocycles. The van der Waals surface area contributed by atoms with Gasteiger partial charge in [-0.05, 0) is 30.7 Å². The van der Waals surface area contributed by atoms with E-state index in [1.54, 1.807) is 7.11 Å². The van der Waals surface area contributed by atoms with Gasteiger partial charge in [-0.2, -0.15) is 0 Å². The molecule has 0 aliphatic rings. The number of hydrogen-bond acceptors (Lipinski definition) is 3. The molecule has 0 bridgehead atoms. The first kappa shape index (κ1) is 17.8. The number of hydrogen-bond donors (Lipinski definition) is 1. The van der Waals surface area contributed by atoms with Crippen molar-refractivity contribution in [2.24, 2.45) is 0 Å². The van der Waals surface area contributed by atoms with Crippen LogP contribution in [0.15, 0.2) is 54.9 Å². The highest BCUT2D eigenvalue weighted by Crippen LogP contribution is 2.16. The standard InChI is InChI=1S/C19H24N2O3/c1-23-17-8-10-18(11-9-17)24-16-12-20-19(22)7-3-6-15-21-13-4-2-5-14-21/h2,4-5,8-11,13-14H,3,6-7,12,15-16H2,1H3/p+1. The van der Waals surface area contributed by atoms with Crippen molar-refractivity contribution in [3.05, 3.63) is 54.9 Å². The fourth-order valence-corrected chi connectivity index (χ4v) is 2.28. The van der Waals surface area contributed by atoms with Crippen molar-refractivity contribution < 1.29 is 18.8 Å². The summed E-state index contributed by atoms with van der Waals surface area (Å²) in [6.45, 7) is 1.91. The van der Waals surface area contributed by atoms with E-state index < -0.39 is 0 Å². The molecule has 24 heavy (non-hydrogen) atoms. The summed E-state index contributed by atoms with van der Waals surface area (Å²) in [7, 11) is 1.63. The normalized spacial score (nSPS) is 10.2. The molecule has 1 aromatic carbocycles. The number of nitrogens with zero attached hydrogens (tertiary/aromatic N) is 1. The predicted molar refractivity (Wildman–Crippen MR) is 92.0 cm³/mol. The van der Waals surface area contributed by atoms with Crippen LogP contribution >= 0.6 is 0 Å². The van der Waals surface area contributed by atoms with Crippen LogP contribution in [-0.2, 0) is 11.3 Å². The van der Waals surface area contributed by atoms with Crippen molar-refractivity contribution in [2.75, 3.05) is 20.3 Å². The molecule has 0 atom stereocenters. The molecule has 5 nitrogen and oxygen atoms in total. The Balaban J connectivity index is 1.51. The van der Waals surface area contributed by atoms with E-state index in [1.165, 1.54) is 0 Å². The highest BCUT2D eigenvalue weighted by molar-refractivity contribution is 5.75. The van der Waals surface area contributed by atoms with Gasteiger partial charge in [0.25, 0.3) is 0 Å². The minimum atomic E-state index is 0.0754. The van der Waals surface area contributed by atoms with Crippen molar-refractivity contribution in [3.8, 4) is 11.5 Å². The minimum Gasteiger partial charge on any atom is -0.497 e. The first-order chi connectivity index (χ1) is 11.8. The number of aromatic nitrogens is 1. The molecule has 128 valence electrons. The number of pyridine rings is 1. The number of benzene rings is 1. The van der Waals surface area contributed by atoms with Gasteiger partial charge in [-0.3, -0.25) is 4.79 Å². The van der Waals surface area contributed by atoms with Crippen LogP contribution in [0.1, 0.15) is 19.3 Å². The van der Waals surface area contributed by atoms with Crippen LogP contribution in [0.25, 0.3) is 0 Å². The van der Waals surface area contributed by atoms with Gasteiger partial charge in [0.2, 0.25) is 5.91 Å². The number of rotatable bonds is 10. The summed E-state index contributed by atoms with van der Waals surface area (Å²) < 4.78 is 12.8. The van der Waals surface area contributed by atoms with Gasteiger partial charge < -0.3 is 14.8 Å². The number of ether oxygens (including phenoxy) is 2. The van der Waals surface area contributed by atoms with Crippen molar-refractivity contribution in [2.45, 2.75) is 25.8 Å². The highest BCUT2D eigenvalue weighted by Gasteiger charge is 2.03. The first-order valence-electron chi connectivity index (χ1n) is 8.25. The lowest BCUT2D eigenvalue weighted by Crippen LogP contribution is -2.32. The van der Waals surface area contributed by atoms with E-state index in [9.17, 15) is 4.79 Å². The number of amides is 1. The second-order valence-corrected chi connectivity index (χ2v) is 5.44. The van der Waals surface area contributed by atoms with Gasteiger partial charge in [0.1, 0.15) is 24.7 Å². The maximum Gasteiger partial charge on any atom is 0.220 e. The zero-order chi connectivity index (χ0) is 17.0. The van der Waals surface area contributed by atoms with Gasteiger partial charge in [-0.1, -0.05) is 6.07 Å². The third-order valence-corrected chi connectivity index (χ3v) is 3.60. The molecule has 0 aliphatic carbocycles. The zero-order valence-corrected chi connectivity index (χ0v) is 14.1. The van der Waals surface area contributed by atoms with E-state index in [0.717, 1.165) is 30.9 Å². The molecule has 0 saturated heterocycles. The summed E-state index contributed by atoms with van der Waals surface area (Å²) in [5, 5.41) is 2.88. The third-order valence-electron chi connectivity index (χ3n) is 3.60. The second kappa shape index (κ2) is 10.3. The van der Waals surface area contributed by atoms with Crippen molar-refractivity contribution in [1.29, 1.82) is 0 Å². The molecule has 0 aliphatic heterocycles. The fourth-order valence-electron chi connectivity index (χ4n) is 2.28. The smallest absolute Gasteiger partial charge is 0.220 e. The molecular formula is C19H25N2O3+. The molecular weight excluding hydrogens is 304 g/mol. The van der Waals surface area contributed by atoms with Crippen LogP contribution in [0, 0.1) is 0 Å². The third kappa shape index (κ3) is 6.69. The Hall–Kier alpha value is -2.56. The lowest BCUT2D eigenvalue weighted by atomic mass is 10.2. The monoisotopic (exact) mass is 329 g/mol. The highest BCUT2D eigenvalue weighted by atomic mass is 16.5. The summed E-state index contributed by atoms with van der Waals surface area (Å²) in [5.41, 5.74) is 0. The van der Waals surface area contributed by atoms with Gasteiger partial charge in [0, 0.05) is 25.0 Å². The lowest BCUT2D eigenvalue weighted by Gasteiger charge is -2.08. The maximum atomic E-state index is 11.8. The van der Waals surface area contributed by atoms with Gasteiger partial charge >= 0.3 is 0 Å². The van der Waals surface area contributed by atoms with Crippen LogP contribution in [0.3, 0.4) is 0 Å². The fraction of sp³-hybridized carbons (Fsp3) is 0.368. The molecule has 1 amide bonds. The lowest BCUT2D eigenvalue weighted by molar-refractivity contribution is -0.697. The van der Waals surface area contributed by atoms with Crippen LogP contribution < -0.4 is 19.4 Å². The van der Waals surface area contributed by atoms with E-state index in [1.807, 2.05) is 54.9 Å². The number of nitrogens with one attached hydrogen (secondary N) is 1. The first-order valence-corrected chi connectivity index (χ1v) is 8.25. The largest absolute Gasteiger partial charge is 0.497 e. The Morgan fingerprint density at radius 2 is 1.75 bits per heavy atom. The predicted octanol–water partition coefficient (Wildman–Crippen LogP) is 2.35. The summed E-state index contributed by atoms with van der Waals surface area (Å²) in [6, 6.07) is 13.4. The molecule has 1 aromatic heterocycles. The Morgan fingerprint density at radius 1 is 1.04 bits per heavy atom. The molecule has 5 heteroatoms. The number of carbonyl (C=O) groups excluding carboxylic acids is 1. The van der Waals surface area contributed by atoms with Gasteiger partial charge in [-0.25, -0.2) is 4.57 Å². The Bertz CT molecular complexity index is 600. The Labute approximate surface area is 143 Å². The summed E-state index contributed by atoms with van der Waals surface area (Å²) in [6.07, 6.45) is 6.50. The average molecular weight is 329 g/mol. The van der Waals surface area contributed by atoms with Crippen LogP contribution in [0.5, 0.6) is 11.5 Å². The van der Waals surface area contributed by atoms with E-state index in [4.69, 9.17) is 9.47 Å². The number of methoxy groups -OCH3 is 1. The molecule has 1 N–H and O–H groups in total. The average Bonchev–Trinajstić information content (AvgIpc) is 2.64. The maximum absolute atomic E-state index is 11.8. The zero-order valence-electron chi connectivity index (χ0n) is 14.1. The quantitative estimate of drug-likeness (QED) is 0.538. The molecule has 0 fully saturated rings. The molecule has 2 rings (SSSR count). The van der Waals surface area contributed by atoms with E-state index in [-0.39, 0.29) is 5.91 Å². The van der Waals surface area contributed by atoms with E-state index in [0.29, 0.717) is 19.6 Å². The molecule has 0 unspecified atom stereocenters. The SMILES string of the molecule is COc1ccc(OCCNC(=O)CCCC[n+]2ccccc2)cc1. The van der Waals surface area contributed by atoms with Crippen molar-refractivity contribution >= 4 is 5.91 Å². The summed E-state index contributed by atoms with van der Waals surface area (Å²) in [4.78, 5) is 11.8. The summed E-state index contributed by atoms with van der Waals surface area (Å²) in [5.74, 6) is 1.64. The van der Waals surface area contributed by atoms with Crippen molar-refractivity contribution in [3.63, 3.8) is 0 Å². The van der Waals surface area contributed by atoms with E-state index in [2.05, 4.69) is 9.88 Å². The Morgan fingerprint density at radius 3 is 2.46 bits per heavy atom. The van der Waals surface area contributed by atoms with Crippen LogP contribution in [0.4, 0.5) is 0 Å². The number of unbranched alkanes of at least 4 members (excludes halogenated alkanes) is 1. The van der Waals surface area contributed by atoms with Gasteiger partial charge in [-0.15, -0.1) is 0 Å². The van der Waals surface area contributed by atoms with E-state index >= 15 is 0 Å². The van der Waals surface area contributed by atoms with Crippen LogP contribution in [0.2, 0.25) is 0 Å². The second-order valence-electron chi connectivity index (χ2n) is 5.44. The number of aryl methyl sites for hydroxylation is 1. The van der Waals surface area contributed by atoms with Crippen LogP contribution in [-0.4, -0.2) is 26.2 Å². The topological polar surface area (TPSA) is 51.4 Å². The van der Waals surface area contributed by atoms with Gasteiger partial charge in [0.15, 0.2) is 12.4 Å². The molecule has 0 radical (unpaired) electrons. The van der Waals surface area contributed by atoms with Gasteiger partial charge in [0.05, 0.1) is 13.7 Å². The van der Waals surface area contributed by atoms with Crippen molar-refractivity contribution in [1.82, 2.24) is 5.32 Å². The Kier molecular flexibility index (Phi) is 7.60.